The summed E-state index contributed by atoms with van der Waals surface area (Å²) in [7, 11) is 0. The van der Waals surface area contributed by atoms with Crippen LogP contribution >= 0.6 is 23.2 Å². The molecule has 7 heteroatoms. The van der Waals surface area contributed by atoms with Gasteiger partial charge >= 0.3 is 0 Å². The lowest BCUT2D eigenvalue weighted by atomic mass is 10.2. The zero-order valence-electron chi connectivity index (χ0n) is 11.7. The Bertz CT molecular complexity index is 887. The van der Waals surface area contributed by atoms with Gasteiger partial charge in [0.2, 0.25) is 5.89 Å². The molecular formula is C16H9Cl2N3O2. The minimum Gasteiger partial charge on any atom is -0.482 e. The number of hydrogen-bond acceptors (Lipinski definition) is 5. The molecule has 0 aliphatic rings. The third-order valence-corrected chi connectivity index (χ3v) is 3.61. The second kappa shape index (κ2) is 6.69. The van der Waals surface area contributed by atoms with Crippen molar-refractivity contribution < 1.29 is 9.15 Å². The van der Waals surface area contributed by atoms with E-state index in [1.165, 1.54) is 6.07 Å². The fourth-order valence-electron chi connectivity index (χ4n) is 1.88. The van der Waals surface area contributed by atoms with Crippen molar-refractivity contribution in [3.63, 3.8) is 0 Å². The highest BCUT2D eigenvalue weighted by atomic mass is 35.5. The van der Waals surface area contributed by atoms with E-state index in [9.17, 15) is 0 Å². The zero-order chi connectivity index (χ0) is 16.2. The van der Waals surface area contributed by atoms with Crippen LogP contribution in [0.3, 0.4) is 0 Å². The Hall–Kier alpha value is -2.55. The molecule has 0 bridgehead atoms. The van der Waals surface area contributed by atoms with Crippen LogP contribution < -0.4 is 4.74 Å². The molecule has 1 aromatic heterocycles. The van der Waals surface area contributed by atoms with E-state index in [1.807, 2.05) is 18.2 Å². The van der Waals surface area contributed by atoms with Crippen molar-refractivity contribution in [2.75, 3.05) is 0 Å². The summed E-state index contributed by atoms with van der Waals surface area (Å²) in [5, 5.41) is 17.5. The van der Waals surface area contributed by atoms with Crippen molar-refractivity contribution in [2.24, 2.45) is 0 Å². The van der Waals surface area contributed by atoms with Gasteiger partial charge in [0.25, 0.3) is 5.89 Å². The number of halogens is 2. The maximum absolute atomic E-state index is 8.80. The quantitative estimate of drug-likeness (QED) is 0.696. The summed E-state index contributed by atoms with van der Waals surface area (Å²) >= 11 is 12.1. The first kappa shape index (κ1) is 15.3. The van der Waals surface area contributed by atoms with Crippen LogP contribution in [0.1, 0.15) is 11.5 Å². The van der Waals surface area contributed by atoms with Gasteiger partial charge in [0.15, 0.2) is 6.61 Å². The van der Waals surface area contributed by atoms with Gasteiger partial charge in [-0.15, -0.1) is 10.2 Å². The third kappa shape index (κ3) is 3.45. The third-order valence-electron chi connectivity index (χ3n) is 2.98. The SMILES string of the molecule is N#Cc1ccc(OCc2nnc(-c3ccccc3Cl)o2)c(Cl)c1. The topological polar surface area (TPSA) is 71.9 Å². The zero-order valence-corrected chi connectivity index (χ0v) is 13.2. The van der Waals surface area contributed by atoms with Gasteiger partial charge in [-0.25, -0.2) is 0 Å². The summed E-state index contributed by atoms with van der Waals surface area (Å²) in [4.78, 5) is 0. The highest BCUT2D eigenvalue weighted by Gasteiger charge is 2.12. The van der Waals surface area contributed by atoms with E-state index in [1.54, 1.807) is 24.3 Å². The Morgan fingerprint density at radius 1 is 1.09 bits per heavy atom. The highest BCUT2D eigenvalue weighted by molar-refractivity contribution is 6.33. The van der Waals surface area contributed by atoms with Gasteiger partial charge in [-0.2, -0.15) is 5.26 Å². The molecule has 0 fully saturated rings. The minimum absolute atomic E-state index is 0.0586. The molecule has 1 heterocycles. The molecule has 3 aromatic rings. The van der Waals surface area contributed by atoms with Crippen LogP contribution in [0.25, 0.3) is 11.5 Å². The number of nitrogens with zero attached hydrogens (tertiary/aromatic N) is 3. The normalized spacial score (nSPS) is 10.3. The number of rotatable bonds is 4. The number of ether oxygens (including phenoxy) is 1. The second-order valence-electron chi connectivity index (χ2n) is 4.53. The largest absolute Gasteiger partial charge is 0.482 e. The van der Waals surface area contributed by atoms with E-state index in [0.717, 1.165) is 0 Å². The Labute approximate surface area is 142 Å². The van der Waals surface area contributed by atoms with E-state index in [4.69, 9.17) is 37.6 Å². The van der Waals surface area contributed by atoms with Gasteiger partial charge in [0.05, 0.1) is 27.2 Å². The molecule has 0 spiro atoms. The molecule has 114 valence electrons. The summed E-state index contributed by atoms with van der Waals surface area (Å²) in [6, 6.07) is 13.9. The molecule has 3 rings (SSSR count). The summed E-state index contributed by atoms with van der Waals surface area (Å²) in [6.45, 7) is 0.0586. The van der Waals surface area contributed by atoms with Gasteiger partial charge in [0.1, 0.15) is 5.75 Å². The fourth-order valence-corrected chi connectivity index (χ4v) is 2.33. The average Bonchev–Trinajstić information content (AvgIpc) is 3.02. The molecule has 0 radical (unpaired) electrons. The molecule has 0 aliphatic carbocycles. The van der Waals surface area contributed by atoms with E-state index in [-0.39, 0.29) is 6.61 Å². The molecule has 5 nitrogen and oxygen atoms in total. The Morgan fingerprint density at radius 2 is 1.91 bits per heavy atom. The molecule has 0 atom stereocenters. The predicted octanol–water partition coefficient (Wildman–Crippen LogP) is 4.49. The molecule has 0 N–H and O–H groups in total. The monoisotopic (exact) mass is 345 g/mol. The lowest BCUT2D eigenvalue weighted by molar-refractivity contribution is 0.264. The van der Waals surface area contributed by atoms with Crippen molar-refractivity contribution in [2.45, 2.75) is 6.61 Å². The highest BCUT2D eigenvalue weighted by Crippen LogP contribution is 2.28. The maximum Gasteiger partial charge on any atom is 0.254 e. The number of benzene rings is 2. The summed E-state index contributed by atoms with van der Waals surface area (Å²) in [6.07, 6.45) is 0. The van der Waals surface area contributed by atoms with Crippen LogP contribution in [0.4, 0.5) is 0 Å². The van der Waals surface area contributed by atoms with E-state index >= 15 is 0 Å². The smallest absolute Gasteiger partial charge is 0.254 e. The molecule has 2 aromatic carbocycles. The minimum atomic E-state index is 0.0586. The van der Waals surface area contributed by atoms with E-state index < -0.39 is 0 Å². The van der Waals surface area contributed by atoms with Gasteiger partial charge in [0, 0.05) is 0 Å². The molecule has 0 aliphatic heterocycles. The lowest BCUT2D eigenvalue weighted by Gasteiger charge is -2.05. The van der Waals surface area contributed by atoms with Crippen molar-refractivity contribution in [1.29, 1.82) is 5.26 Å². The van der Waals surface area contributed by atoms with Gasteiger partial charge < -0.3 is 9.15 Å². The standard InChI is InChI=1S/C16H9Cl2N3O2/c17-12-4-2-1-3-11(12)16-21-20-15(23-16)9-22-14-6-5-10(8-19)7-13(14)18/h1-7H,9H2. The van der Waals surface area contributed by atoms with Crippen LogP contribution in [-0.4, -0.2) is 10.2 Å². The summed E-state index contributed by atoms with van der Waals surface area (Å²) in [5.74, 6) is 1.05. The van der Waals surface area contributed by atoms with Crippen molar-refractivity contribution in [3.05, 3.63) is 64.0 Å². The first-order valence-electron chi connectivity index (χ1n) is 6.57. The van der Waals surface area contributed by atoms with E-state index in [0.29, 0.717) is 38.7 Å². The van der Waals surface area contributed by atoms with Gasteiger partial charge in [-0.05, 0) is 30.3 Å². The number of nitriles is 1. The predicted molar refractivity (Wildman–Crippen MR) is 85.2 cm³/mol. The van der Waals surface area contributed by atoms with Gasteiger partial charge in [-0.1, -0.05) is 35.3 Å². The Morgan fingerprint density at radius 3 is 2.65 bits per heavy atom. The van der Waals surface area contributed by atoms with Crippen molar-refractivity contribution in [1.82, 2.24) is 10.2 Å². The van der Waals surface area contributed by atoms with Gasteiger partial charge in [-0.3, -0.25) is 0 Å². The first-order chi connectivity index (χ1) is 11.2. The lowest BCUT2D eigenvalue weighted by Crippen LogP contribution is -1.96. The number of aromatic nitrogens is 2. The number of hydrogen-bond donors (Lipinski definition) is 0. The molecule has 0 saturated carbocycles. The summed E-state index contributed by atoms with van der Waals surface area (Å²) < 4.78 is 11.1. The molecule has 0 unspecified atom stereocenters. The van der Waals surface area contributed by atoms with Crippen molar-refractivity contribution in [3.8, 4) is 23.3 Å². The van der Waals surface area contributed by atoms with Crippen LogP contribution in [0.15, 0.2) is 46.9 Å². The summed E-state index contributed by atoms with van der Waals surface area (Å²) in [5.41, 5.74) is 1.12. The molecule has 0 amide bonds. The first-order valence-corrected chi connectivity index (χ1v) is 7.32. The maximum atomic E-state index is 8.80. The van der Waals surface area contributed by atoms with Crippen molar-refractivity contribution >= 4 is 23.2 Å². The van der Waals surface area contributed by atoms with Crippen LogP contribution in [-0.2, 0) is 6.61 Å². The molecule has 23 heavy (non-hydrogen) atoms. The average molecular weight is 346 g/mol. The van der Waals surface area contributed by atoms with E-state index in [2.05, 4.69) is 10.2 Å². The fraction of sp³-hybridized carbons (Fsp3) is 0.0625. The van der Waals surface area contributed by atoms with Crippen LogP contribution in [0, 0.1) is 11.3 Å². The van der Waals surface area contributed by atoms with Crippen LogP contribution in [0.5, 0.6) is 5.75 Å². The van der Waals surface area contributed by atoms with Crippen LogP contribution in [0.2, 0.25) is 10.0 Å². The molecular weight excluding hydrogens is 337 g/mol. The Balaban J connectivity index is 1.73. The molecule has 0 saturated heterocycles. The Kier molecular flexibility index (Phi) is 4.47. The second-order valence-corrected chi connectivity index (χ2v) is 5.34.